The summed E-state index contributed by atoms with van der Waals surface area (Å²) in [5.41, 5.74) is 23.8. The summed E-state index contributed by atoms with van der Waals surface area (Å²) in [4.78, 5) is 109. The number of rotatable bonds is 26. The lowest BCUT2D eigenvalue weighted by Gasteiger charge is -2.31. The smallest absolute Gasteiger partial charge is 0.326 e. The van der Waals surface area contributed by atoms with Crippen LogP contribution in [0.1, 0.15) is 83.6 Å². The van der Waals surface area contributed by atoms with Gasteiger partial charge in [-0.1, -0.05) is 38.5 Å². The van der Waals surface area contributed by atoms with Crippen molar-refractivity contribution in [3.05, 3.63) is 36.0 Å². The number of carboxylic acids is 1. The standard InChI is InChI=1S/C40H63N11O9/c1-3-23(2)34(38(57)48-29(40(59)60)14-7-9-17-42)50-37(56)31-15-10-18-51(31)39(58)28(13-6-8-16-41)47-33(53)22-46-36(55)30(49-35(54)26(43)20-32(44)52)19-24-21-45-27-12-5-4-11-25(24)27/h4-5,11-12,21,23,26,28-31,34,45H,3,6-10,13-20,22,41-43H2,1-2H3,(H2,44,52)(H,46,55)(H,47,53)(H,48,57)(H,49,54)(H,50,56)(H,59,60)/t23-,26-,28-,29-,30-,31-,34-/m0/s1. The fraction of sp³-hybridized carbons (Fsp3) is 0.600. The molecule has 0 bridgehead atoms. The van der Waals surface area contributed by atoms with Crippen molar-refractivity contribution in [3.8, 4) is 0 Å². The van der Waals surface area contributed by atoms with Crippen molar-refractivity contribution in [2.75, 3.05) is 26.2 Å². The van der Waals surface area contributed by atoms with Gasteiger partial charge in [-0.2, -0.15) is 0 Å². The van der Waals surface area contributed by atoms with Gasteiger partial charge in [0.05, 0.1) is 19.0 Å². The van der Waals surface area contributed by atoms with Gasteiger partial charge < -0.3 is 64.5 Å². The van der Waals surface area contributed by atoms with Crippen molar-refractivity contribution in [2.45, 2.75) is 121 Å². The van der Waals surface area contributed by atoms with Crippen LogP contribution in [0.25, 0.3) is 10.9 Å². The van der Waals surface area contributed by atoms with Crippen LogP contribution in [0, 0.1) is 5.92 Å². The van der Waals surface area contributed by atoms with Crippen LogP contribution in [0.4, 0.5) is 0 Å². The molecule has 20 nitrogen and oxygen atoms in total. The lowest BCUT2D eigenvalue weighted by Crippen LogP contribution is -2.59. The Morgan fingerprint density at radius 2 is 1.52 bits per heavy atom. The molecule has 2 aromatic rings. The monoisotopic (exact) mass is 841 g/mol. The van der Waals surface area contributed by atoms with E-state index >= 15 is 0 Å². The third kappa shape index (κ3) is 14.6. The lowest BCUT2D eigenvalue weighted by atomic mass is 9.97. The van der Waals surface area contributed by atoms with Gasteiger partial charge in [0.25, 0.3) is 0 Å². The second-order valence-corrected chi connectivity index (χ2v) is 15.3. The van der Waals surface area contributed by atoms with Gasteiger partial charge >= 0.3 is 5.97 Å². The summed E-state index contributed by atoms with van der Waals surface area (Å²) in [6.45, 7) is 3.92. The van der Waals surface area contributed by atoms with E-state index in [0.717, 1.165) is 10.9 Å². The Hall–Kier alpha value is -5.60. The summed E-state index contributed by atoms with van der Waals surface area (Å²) in [6, 6.07) is 0.472. The average molecular weight is 842 g/mol. The molecule has 1 aromatic carbocycles. The molecule has 2 heterocycles. The van der Waals surface area contributed by atoms with Gasteiger partial charge in [-0.3, -0.25) is 33.6 Å². The molecular weight excluding hydrogens is 779 g/mol. The summed E-state index contributed by atoms with van der Waals surface area (Å²) >= 11 is 0. The first kappa shape index (κ1) is 48.8. The van der Waals surface area contributed by atoms with Crippen LogP contribution in [0.15, 0.2) is 30.5 Å². The number of carbonyl (C=O) groups is 8. The number of nitrogens with one attached hydrogen (secondary N) is 6. The number of carbonyl (C=O) groups excluding carboxylic acids is 7. The molecule has 20 heteroatoms. The number of para-hydroxylation sites is 1. The maximum absolute atomic E-state index is 14.1. The Kier molecular flexibility index (Phi) is 19.9. The van der Waals surface area contributed by atoms with Crippen molar-refractivity contribution in [3.63, 3.8) is 0 Å². The Balaban J connectivity index is 1.73. The number of hydrogen-bond donors (Lipinski definition) is 11. The molecule has 60 heavy (non-hydrogen) atoms. The zero-order chi connectivity index (χ0) is 44.4. The topological polar surface area (TPSA) is 340 Å². The van der Waals surface area contributed by atoms with Crippen molar-refractivity contribution < 1.29 is 43.5 Å². The number of hydrogen-bond acceptors (Lipinski definition) is 11. The number of benzene rings is 1. The Morgan fingerprint density at radius 3 is 2.15 bits per heavy atom. The quantitative estimate of drug-likeness (QED) is 0.0475. The van der Waals surface area contributed by atoms with Crippen LogP contribution < -0.4 is 49.5 Å². The first-order valence-electron chi connectivity index (χ1n) is 20.6. The van der Waals surface area contributed by atoms with Crippen molar-refractivity contribution in [1.29, 1.82) is 0 Å². The molecule has 1 aliphatic heterocycles. The molecule has 3 rings (SSSR count). The molecule has 7 atom stereocenters. The average Bonchev–Trinajstić information content (AvgIpc) is 3.88. The number of nitrogens with zero attached hydrogens (tertiary/aromatic N) is 1. The molecule has 1 aliphatic rings. The molecule has 0 spiro atoms. The molecule has 332 valence electrons. The summed E-state index contributed by atoms with van der Waals surface area (Å²) in [6.07, 6.45) is 4.90. The number of amides is 7. The van der Waals surface area contributed by atoms with Gasteiger partial charge in [0.1, 0.15) is 30.2 Å². The van der Waals surface area contributed by atoms with E-state index in [9.17, 15) is 43.5 Å². The number of H-pyrrole nitrogens is 1. The largest absolute Gasteiger partial charge is 0.480 e. The van der Waals surface area contributed by atoms with E-state index in [-0.39, 0.29) is 38.1 Å². The minimum Gasteiger partial charge on any atom is -0.480 e. The van der Waals surface area contributed by atoms with Crippen molar-refractivity contribution in [1.82, 2.24) is 36.5 Å². The van der Waals surface area contributed by atoms with E-state index in [1.54, 1.807) is 13.1 Å². The van der Waals surface area contributed by atoms with Crippen LogP contribution in [0.3, 0.4) is 0 Å². The normalized spacial score (nSPS) is 16.8. The molecule has 1 saturated heterocycles. The van der Waals surface area contributed by atoms with Crippen LogP contribution in [0.5, 0.6) is 0 Å². The number of unbranched alkanes of at least 4 members (excludes halogenated alkanes) is 2. The van der Waals surface area contributed by atoms with Gasteiger partial charge in [0, 0.05) is 30.1 Å². The van der Waals surface area contributed by atoms with Crippen molar-refractivity contribution >= 4 is 58.2 Å². The van der Waals surface area contributed by atoms with E-state index in [0.29, 0.717) is 57.2 Å². The molecular formula is C40H63N11O9. The number of fused-ring (bicyclic) bond motifs is 1. The maximum Gasteiger partial charge on any atom is 0.326 e. The van der Waals surface area contributed by atoms with Crippen LogP contribution in [-0.4, -0.2) is 125 Å². The van der Waals surface area contributed by atoms with Gasteiger partial charge in [0.15, 0.2) is 0 Å². The summed E-state index contributed by atoms with van der Waals surface area (Å²) in [5, 5.41) is 23.6. The van der Waals surface area contributed by atoms with Gasteiger partial charge in [-0.25, -0.2) is 4.79 Å². The third-order valence-corrected chi connectivity index (χ3v) is 10.7. The zero-order valence-corrected chi connectivity index (χ0v) is 34.5. The molecule has 7 amide bonds. The van der Waals surface area contributed by atoms with E-state index in [1.807, 2.05) is 31.2 Å². The zero-order valence-electron chi connectivity index (χ0n) is 34.5. The fourth-order valence-corrected chi connectivity index (χ4v) is 7.07. The minimum atomic E-state index is -1.32. The number of aromatic amines is 1. The fourth-order valence-electron chi connectivity index (χ4n) is 7.07. The number of nitrogens with two attached hydrogens (primary N) is 4. The molecule has 0 saturated carbocycles. The molecule has 1 fully saturated rings. The third-order valence-electron chi connectivity index (χ3n) is 10.7. The van der Waals surface area contributed by atoms with Crippen LogP contribution >= 0.6 is 0 Å². The molecule has 0 unspecified atom stereocenters. The second kappa shape index (κ2) is 24.5. The van der Waals surface area contributed by atoms with E-state index in [2.05, 4.69) is 31.6 Å². The SMILES string of the molecule is CC[C@H](C)[C@H](NC(=O)[C@@H]1CCCN1C(=O)[C@H](CCCCN)NC(=O)CNC(=O)[C@H](Cc1c[nH]c2ccccc12)NC(=O)[C@@H](N)CC(N)=O)C(=O)N[C@@H](CCCCN)C(=O)O. The maximum atomic E-state index is 14.1. The molecule has 0 aliphatic carbocycles. The van der Waals surface area contributed by atoms with Gasteiger partial charge in [-0.15, -0.1) is 0 Å². The number of aliphatic carboxylic acids is 1. The van der Waals surface area contributed by atoms with E-state index in [1.165, 1.54) is 4.90 Å². The number of likely N-dealkylation sites (tertiary alicyclic amines) is 1. The molecule has 1 aromatic heterocycles. The highest BCUT2D eigenvalue weighted by Gasteiger charge is 2.40. The van der Waals surface area contributed by atoms with Crippen molar-refractivity contribution in [2.24, 2.45) is 28.9 Å². The Morgan fingerprint density at radius 1 is 0.867 bits per heavy atom. The summed E-state index contributed by atoms with van der Waals surface area (Å²) in [7, 11) is 0. The van der Waals surface area contributed by atoms with Gasteiger partial charge in [-0.05, 0) is 82.0 Å². The highest BCUT2D eigenvalue weighted by atomic mass is 16.4. The van der Waals surface area contributed by atoms with E-state index in [4.69, 9.17) is 22.9 Å². The molecule has 15 N–H and O–H groups in total. The second-order valence-electron chi connectivity index (χ2n) is 15.3. The van der Waals surface area contributed by atoms with Crippen LogP contribution in [-0.2, 0) is 44.8 Å². The first-order chi connectivity index (χ1) is 28.6. The lowest BCUT2D eigenvalue weighted by molar-refractivity contribution is -0.144. The van der Waals surface area contributed by atoms with E-state index < -0.39 is 96.5 Å². The number of aromatic nitrogens is 1. The predicted octanol–water partition coefficient (Wildman–Crippen LogP) is -1.65. The Labute approximate surface area is 349 Å². The predicted molar refractivity (Wildman–Crippen MR) is 222 cm³/mol. The minimum absolute atomic E-state index is 0.000403. The highest BCUT2D eigenvalue weighted by molar-refractivity contribution is 5.97. The number of carboxylic acid groups (broad SMARTS) is 1. The van der Waals surface area contributed by atoms with Crippen LogP contribution in [0.2, 0.25) is 0 Å². The summed E-state index contributed by atoms with van der Waals surface area (Å²) in [5.74, 6) is -6.41. The number of primary amides is 1. The Bertz CT molecular complexity index is 1800. The first-order valence-corrected chi connectivity index (χ1v) is 20.6. The van der Waals surface area contributed by atoms with Gasteiger partial charge in [0.2, 0.25) is 41.4 Å². The summed E-state index contributed by atoms with van der Waals surface area (Å²) < 4.78 is 0. The molecule has 0 radical (unpaired) electrons. The highest BCUT2D eigenvalue weighted by Crippen LogP contribution is 2.22.